The molecule has 0 aromatic carbocycles. The van der Waals surface area contributed by atoms with E-state index in [4.69, 9.17) is 80.5 Å². The van der Waals surface area contributed by atoms with E-state index in [9.17, 15) is 117 Å². The van der Waals surface area contributed by atoms with Gasteiger partial charge in [0.15, 0.2) is 62.3 Å². The van der Waals surface area contributed by atoms with Gasteiger partial charge in [-0.2, -0.15) is 0 Å². The zero-order valence-corrected chi connectivity index (χ0v) is 68.0. The summed E-state index contributed by atoms with van der Waals surface area (Å²) in [6, 6.07) is 0. The molecule has 119 heavy (non-hydrogen) atoms. The Kier molecular flexibility index (Phi) is 27.3. The van der Waals surface area contributed by atoms with E-state index in [0.29, 0.717) is 32.1 Å². The summed E-state index contributed by atoms with van der Waals surface area (Å²) in [6.07, 6.45) is -62.8. The Balaban J connectivity index is 0.796. The van der Waals surface area contributed by atoms with Crippen molar-refractivity contribution in [3.8, 4) is 0 Å². The van der Waals surface area contributed by atoms with Crippen molar-refractivity contribution < 1.29 is 202 Å². The lowest BCUT2D eigenvalue weighted by Crippen LogP contribution is -2.70. The molecule has 8 aliphatic heterocycles. The van der Waals surface area contributed by atoms with Crippen molar-refractivity contribution in [2.75, 3.05) is 33.0 Å². The third-order valence-electron chi connectivity index (χ3n) is 29.8. The van der Waals surface area contributed by atoms with Crippen LogP contribution in [0, 0.1) is 56.2 Å². The number of carbonyl (C=O) groups is 4. The van der Waals surface area contributed by atoms with Crippen LogP contribution in [0.2, 0.25) is 0 Å². The van der Waals surface area contributed by atoms with Crippen LogP contribution in [0.15, 0.2) is 11.6 Å². The summed E-state index contributed by atoms with van der Waals surface area (Å²) in [5, 5.41) is 223. The van der Waals surface area contributed by atoms with Crippen molar-refractivity contribution in [3.63, 3.8) is 0 Å². The van der Waals surface area contributed by atoms with Gasteiger partial charge in [-0.3, -0.25) is 9.59 Å². The highest BCUT2D eigenvalue weighted by Gasteiger charge is 2.75. The van der Waals surface area contributed by atoms with Crippen LogP contribution in [-0.2, 0) is 99.7 Å². The Labute approximate surface area is 685 Å². The zero-order chi connectivity index (χ0) is 87.1. The van der Waals surface area contributed by atoms with E-state index in [1.54, 1.807) is 6.92 Å². The Morgan fingerprint density at radius 2 is 1.06 bits per heavy atom. The number of ether oxygens (including phenoxy) is 17. The number of aliphatic carboxylic acids is 1. The molecule has 8 heterocycles. The van der Waals surface area contributed by atoms with Crippen LogP contribution in [0.5, 0.6) is 0 Å². The number of hydrogen-bond acceptors (Lipinski definition) is 40. The summed E-state index contributed by atoms with van der Waals surface area (Å²) in [5.74, 6) is -5.76. The van der Waals surface area contributed by atoms with Gasteiger partial charge in [-0.25, -0.2) is 4.79 Å². The maximum Gasteiger partial charge on any atom is 0.335 e. The fraction of sp³-hybridized carbons (Fsp3) is 0.923. The summed E-state index contributed by atoms with van der Waals surface area (Å²) in [4.78, 5) is 57.3. The summed E-state index contributed by atoms with van der Waals surface area (Å²) in [5.41, 5.74) is -7.64. The minimum absolute atomic E-state index is 0.0252. The summed E-state index contributed by atoms with van der Waals surface area (Å²) in [6.45, 7) is 15.7. The van der Waals surface area contributed by atoms with E-state index >= 15 is 4.79 Å². The Morgan fingerprint density at radius 1 is 0.504 bits per heavy atom. The largest absolute Gasteiger partial charge is 0.479 e. The van der Waals surface area contributed by atoms with Crippen molar-refractivity contribution in [1.29, 1.82) is 0 Å². The normalized spacial score (nSPS) is 54.4. The van der Waals surface area contributed by atoms with Gasteiger partial charge in [0.1, 0.15) is 145 Å². The highest BCUT2D eigenvalue weighted by Crippen LogP contribution is 2.77. The molecule has 5 aliphatic carbocycles. The van der Waals surface area contributed by atoms with Crippen LogP contribution in [-0.4, -0.2) is 392 Å². The molecular weight excluding hydrogens is 1590 g/mol. The Morgan fingerprint density at radius 3 is 1.68 bits per heavy atom. The minimum atomic E-state index is -2.25. The van der Waals surface area contributed by atoms with Gasteiger partial charge in [0.2, 0.25) is 6.29 Å². The van der Waals surface area contributed by atoms with E-state index in [1.165, 1.54) is 20.8 Å². The molecule has 41 nitrogen and oxygen atoms in total. The van der Waals surface area contributed by atoms with E-state index in [1.807, 2.05) is 6.92 Å². The molecular formula is C78H122O41. The maximum atomic E-state index is 16.5. The number of allylic oxidation sites excluding steroid dienone is 2. The summed E-state index contributed by atoms with van der Waals surface area (Å²) < 4.78 is 104. The van der Waals surface area contributed by atoms with Crippen molar-refractivity contribution in [2.45, 2.75) is 360 Å². The lowest BCUT2D eigenvalue weighted by molar-refractivity contribution is -0.392. The fourth-order valence-corrected chi connectivity index (χ4v) is 22.1. The second-order valence-electron chi connectivity index (χ2n) is 37.0. The molecule has 0 aromatic rings. The first-order valence-electron chi connectivity index (χ1n) is 41.1. The predicted octanol–water partition coefficient (Wildman–Crippen LogP) is -6.68. The van der Waals surface area contributed by atoms with Crippen molar-refractivity contribution in [1.82, 2.24) is 0 Å². The van der Waals surface area contributed by atoms with Crippen LogP contribution in [0.3, 0.4) is 0 Å². The van der Waals surface area contributed by atoms with Crippen LogP contribution < -0.4 is 0 Å². The third kappa shape index (κ3) is 16.0. The predicted molar refractivity (Wildman–Crippen MR) is 388 cm³/mol. The number of rotatable bonds is 21. The first kappa shape index (κ1) is 93.1. The average Bonchev–Trinajstić information content (AvgIpc) is 0.756. The van der Waals surface area contributed by atoms with Crippen LogP contribution in [0.4, 0.5) is 0 Å². The molecule has 13 aliphatic rings. The Hall–Kier alpha value is -3.54. The monoisotopic (exact) mass is 1710 g/mol. The highest BCUT2D eigenvalue weighted by atomic mass is 16.8. The van der Waals surface area contributed by atoms with Gasteiger partial charge in [-0.15, -0.1) is 0 Å². The molecule has 680 valence electrons. The van der Waals surface area contributed by atoms with E-state index in [0.717, 1.165) is 18.8 Å². The number of aliphatic hydroxyl groups is 19. The van der Waals surface area contributed by atoms with Crippen molar-refractivity contribution >= 4 is 24.2 Å². The number of carboxylic acid groups (broad SMARTS) is 1. The molecule has 13 rings (SSSR count). The first-order chi connectivity index (χ1) is 55.7. The molecule has 0 spiro atoms. The van der Waals surface area contributed by atoms with Crippen molar-refractivity contribution in [2.24, 2.45) is 56.2 Å². The molecule has 0 radical (unpaired) electrons. The van der Waals surface area contributed by atoms with Crippen molar-refractivity contribution in [3.05, 3.63) is 11.6 Å². The van der Waals surface area contributed by atoms with E-state index in [2.05, 4.69) is 40.7 Å². The lowest BCUT2D eigenvalue weighted by Gasteiger charge is -2.72. The fourth-order valence-electron chi connectivity index (χ4n) is 22.1. The second-order valence-corrected chi connectivity index (χ2v) is 37.0. The standard InChI is InChI=1S/C78H122O41/c1-27-40-32-12-13-37-73(8)16-15-39(111-69-59(117-67-49(94)45(90)43(88)35(21-79)110-67)56(51(96)57(115-69)62(99)100)114-63-47(92)42(87)33(83)22-103-63)74(9,24-80)36(73)14-17-75(37,10)76(32,11)20-38(85)78(40,19-18-72(27,6)7)71(101)119-68-60(58(54(30(4)108-68)109-31(5)82)116-65-48(93)44(89)41(86)28(2)106-65)118-66-50(95)46(91)53(29(3)107-66)112-64-52(97)55(34(84)23-104-64)113-70-61(98)77(102,25-81)26-105-70/h12,24,27-30,33-61,63-70,79,81,83-98,102H,13-23,25-26H2,1-11H3,(H,99,100). The number of aliphatic hydroxyl groups excluding tert-OH is 18. The van der Waals surface area contributed by atoms with E-state index in [-0.39, 0.29) is 25.2 Å². The molecule has 0 bridgehead atoms. The van der Waals surface area contributed by atoms with Gasteiger partial charge in [-0.05, 0) is 112 Å². The number of esters is 2. The SMILES string of the molecule is CC(=O)OC1C(C)OC(OC(=O)C23CCC(C)(C)C(C)C2C2=CCC4C5(C)CCC(OC6OC(C(=O)O)C(O)C(OC7OCC(O)C(O)C7O)C6OC6OC(CO)C(O)C(O)C6O)C(C)(C=O)C5CCC4(C)C2(C)CC3O)C(OC2OC(C)C(OC3OCC(O)C(OC4OCC(O)(CO)C4O)C3O)C(O)C2O)C1OC1OC(C)C(O)C(O)C1O. The van der Waals surface area contributed by atoms with Crippen LogP contribution in [0.25, 0.3) is 0 Å². The number of carboxylic acids is 1. The number of carbonyl (C=O) groups excluding carboxylic acids is 3. The zero-order valence-electron chi connectivity index (χ0n) is 68.0. The Bertz CT molecular complexity index is 3580. The van der Waals surface area contributed by atoms with Crippen LogP contribution >= 0.6 is 0 Å². The van der Waals surface area contributed by atoms with E-state index < -0.39 is 334 Å². The van der Waals surface area contributed by atoms with Crippen LogP contribution in [0.1, 0.15) is 128 Å². The molecule has 20 N–H and O–H groups in total. The van der Waals surface area contributed by atoms with Gasteiger partial charge in [0.25, 0.3) is 0 Å². The minimum Gasteiger partial charge on any atom is -0.479 e. The summed E-state index contributed by atoms with van der Waals surface area (Å²) >= 11 is 0. The molecule has 41 heteroatoms. The van der Waals surface area contributed by atoms with Gasteiger partial charge in [0.05, 0.1) is 69.0 Å². The number of hydrogen-bond donors (Lipinski definition) is 20. The van der Waals surface area contributed by atoms with Gasteiger partial charge in [-0.1, -0.05) is 60.1 Å². The van der Waals surface area contributed by atoms with Gasteiger partial charge >= 0.3 is 17.9 Å². The van der Waals surface area contributed by atoms with Gasteiger partial charge in [0, 0.05) is 12.8 Å². The first-order valence-corrected chi connectivity index (χ1v) is 41.1. The average molecular weight is 1720 g/mol. The molecule has 4 saturated carbocycles. The molecule has 0 aromatic heterocycles. The molecule has 47 unspecified atom stereocenters. The summed E-state index contributed by atoms with van der Waals surface area (Å²) in [7, 11) is 0. The second kappa shape index (κ2) is 34.9. The molecule has 47 atom stereocenters. The maximum absolute atomic E-state index is 16.5. The molecule has 8 saturated heterocycles. The molecule has 0 amide bonds. The number of aldehydes is 1. The highest BCUT2D eigenvalue weighted by molar-refractivity contribution is 5.80. The lowest BCUT2D eigenvalue weighted by atomic mass is 9.32. The quantitative estimate of drug-likeness (QED) is 0.0220. The smallest absolute Gasteiger partial charge is 0.335 e. The molecule has 12 fully saturated rings. The number of fused-ring (bicyclic) bond motifs is 7. The third-order valence-corrected chi connectivity index (χ3v) is 29.8. The topological polar surface area (TPSA) is 630 Å². The van der Waals surface area contributed by atoms with Gasteiger partial charge < -0.3 is 187 Å².